The smallest absolute Gasteiger partial charge is 0.242 e. The minimum atomic E-state index is -3.84. The minimum Gasteiger partial charge on any atom is -0.372 e. The zero-order valence-electron chi connectivity index (χ0n) is 12.7. The molecule has 0 saturated carbocycles. The molecule has 0 aromatic heterocycles. The van der Waals surface area contributed by atoms with Crippen molar-refractivity contribution in [1.29, 1.82) is 0 Å². The zero-order valence-corrected chi connectivity index (χ0v) is 14.3. The van der Waals surface area contributed by atoms with Gasteiger partial charge in [-0.25, -0.2) is 17.5 Å². The van der Waals surface area contributed by atoms with Crippen molar-refractivity contribution in [3.05, 3.63) is 64.9 Å². The van der Waals surface area contributed by atoms with Crippen LogP contribution in [-0.2, 0) is 20.4 Å². The summed E-state index contributed by atoms with van der Waals surface area (Å²) in [5.41, 5.74) is -0.885. The SMILES string of the molecule is COC(C)(CNS(=O)(=O)c1ccccc1Cl)c1ccccc1F. The van der Waals surface area contributed by atoms with E-state index < -0.39 is 21.4 Å². The number of sulfonamides is 1. The zero-order chi connectivity index (χ0) is 17.1. The summed E-state index contributed by atoms with van der Waals surface area (Å²) >= 11 is 5.92. The van der Waals surface area contributed by atoms with Gasteiger partial charge in [0, 0.05) is 19.2 Å². The molecule has 1 unspecified atom stereocenters. The molecule has 0 aliphatic rings. The molecule has 0 amide bonds. The first-order valence-electron chi connectivity index (χ1n) is 6.84. The van der Waals surface area contributed by atoms with Crippen LogP contribution in [0.4, 0.5) is 4.39 Å². The lowest BCUT2D eigenvalue weighted by molar-refractivity contribution is 0.00410. The lowest BCUT2D eigenvalue weighted by Gasteiger charge is -2.29. The molecule has 1 atom stereocenters. The number of benzene rings is 2. The summed E-state index contributed by atoms with van der Waals surface area (Å²) in [7, 11) is -2.44. The Morgan fingerprint density at radius 2 is 1.78 bits per heavy atom. The fraction of sp³-hybridized carbons (Fsp3) is 0.250. The van der Waals surface area contributed by atoms with E-state index in [1.807, 2.05) is 0 Å². The average Bonchev–Trinajstić information content (AvgIpc) is 2.53. The van der Waals surface area contributed by atoms with E-state index in [1.165, 1.54) is 25.3 Å². The molecule has 2 aromatic rings. The number of hydrogen-bond donors (Lipinski definition) is 1. The summed E-state index contributed by atoms with van der Waals surface area (Å²) in [6, 6.07) is 12.2. The third kappa shape index (κ3) is 3.90. The Balaban J connectivity index is 2.27. The Morgan fingerprint density at radius 1 is 1.17 bits per heavy atom. The highest BCUT2D eigenvalue weighted by atomic mass is 35.5. The van der Waals surface area contributed by atoms with Crippen LogP contribution in [0.5, 0.6) is 0 Å². The maximum Gasteiger partial charge on any atom is 0.242 e. The maximum atomic E-state index is 14.0. The van der Waals surface area contributed by atoms with E-state index in [9.17, 15) is 12.8 Å². The average molecular weight is 358 g/mol. The number of halogens is 2. The Kier molecular flexibility index (Phi) is 5.41. The Labute approximate surface area is 140 Å². The van der Waals surface area contributed by atoms with Crippen molar-refractivity contribution in [1.82, 2.24) is 4.72 Å². The first kappa shape index (κ1) is 17.9. The maximum absolute atomic E-state index is 14.0. The van der Waals surface area contributed by atoms with Crippen molar-refractivity contribution >= 4 is 21.6 Å². The third-order valence-corrected chi connectivity index (χ3v) is 5.52. The minimum absolute atomic E-state index is 0.0337. The van der Waals surface area contributed by atoms with Crippen molar-refractivity contribution in [2.24, 2.45) is 0 Å². The molecule has 124 valence electrons. The quantitative estimate of drug-likeness (QED) is 0.862. The lowest BCUT2D eigenvalue weighted by Crippen LogP contribution is -2.40. The van der Waals surface area contributed by atoms with Crippen LogP contribution in [0.15, 0.2) is 53.4 Å². The van der Waals surface area contributed by atoms with Crippen LogP contribution in [0, 0.1) is 5.82 Å². The first-order valence-corrected chi connectivity index (χ1v) is 8.70. The molecule has 0 spiro atoms. The molecule has 4 nitrogen and oxygen atoms in total. The molecule has 0 aliphatic heterocycles. The summed E-state index contributed by atoms with van der Waals surface area (Å²) in [5, 5.41) is 0.116. The van der Waals surface area contributed by atoms with Crippen LogP contribution >= 0.6 is 11.6 Å². The highest BCUT2D eigenvalue weighted by Crippen LogP contribution is 2.27. The number of hydrogen-bond acceptors (Lipinski definition) is 3. The summed E-state index contributed by atoms with van der Waals surface area (Å²) in [5.74, 6) is -0.464. The molecule has 23 heavy (non-hydrogen) atoms. The van der Waals surface area contributed by atoms with E-state index >= 15 is 0 Å². The van der Waals surface area contributed by atoms with Crippen molar-refractivity contribution < 1.29 is 17.5 Å². The predicted octanol–water partition coefficient (Wildman–Crippen LogP) is 3.32. The molecule has 1 N–H and O–H groups in total. The van der Waals surface area contributed by atoms with Crippen LogP contribution in [0.3, 0.4) is 0 Å². The van der Waals surface area contributed by atoms with Crippen LogP contribution in [0.1, 0.15) is 12.5 Å². The number of methoxy groups -OCH3 is 1. The van der Waals surface area contributed by atoms with E-state index in [0.717, 1.165) is 0 Å². The number of rotatable bonds is 6. The van der Waals surface area contributed by atoms with Gasteiger partial charge in [0.1, 0.15) is 16.3 Å². The summed E-state index contributed by atoms with van der Waals surface area (Å²) in [6.45, 7) is 1.47. The van der Waals surface area contributed by atoms with Crippen LogP contribution in [-0.4, -0.2) is 22.1 Å². The molecular formula is C16H17ClFNO3S. The Bertz CT molecular complexity index is 797. The lowest BCUT2D eigenvalue weighted by atomic mass is 9.95. The number of ether oxygens (including phenoxy) is 1. The molecule has 0 aliphatic carbocycles. The highest BCUT2D eigenvalue weighted by Gasteiger charge is 2.31. The molecule has 2 aromatic carbocycles. The van der Waals surface area contributed by atoms with E-state index in [0.29, 0.717) is 0 Å². The van der Waals surface area contributed by atoms with E-state index in [1.54, 1.807) is 37.3 Å². The monoisotopic (exact) mass is 357 g/mol. The van der Waals surface area contributed by atoms with Crippen molar-refractivity contribution in [2.45, 2.75) is 17.4 Å². The van der Waals surface area contributed by atoms with Gasteiger partial charge in [-0.05, 0) is 25.1 Å². The van der Waals surface area contributed by atoms with Gasteiger partial charge in [0.25, 0.3) is 0 Å². The van der Waals surface area contributed by atoms with Crippen molar-refractivity contribution in [3.8, 4) is 0 Å². The van der Waals surface area contributed by atoms with Gasteiger partial charge in [0.05, 0.1) is 5.02 Å². The molecule has 7 heteroatoms. The molecule has 0 saturated heterocycles. The van der Waals surface area contributed by atoms with Crippen LogP contribution in [0.25, 0.3) is 0 Å². The normalized spacial score (nSPS) is 14.4. The van der Waals surface area contributed by atoms with Gasteiger partial charge >= 0.3 is 0 Å². The summed E-state index contributed by atoms with van der Waals surface area (Å²) < 4.78 is 46.6. The first-order chi connectivity index (χ1) is 10.8. The Hall–Kier alpha value is -1.47. The molecule has 0 bridgehead atoms. The van der Waals surface area contributed by atoms with Gasteiger partial charge < -0.3 is 4.74 Å². The highest BCUT2D eigenvalue weighted by molar-refractivity contribution is 7.89. The topological polar surface area (TPSA) is 55.4 Å². The summed E-state index contributed by atoms with van der Waals surface area (Å²) in [4.78, 5) is -0.0337. The summed E-state index contributed by atoms with van der Waals surface area (Å²) in [6.07, 6.45) is 0. The van der Waals surface area contributed by atoms with Crippen molar-refractivity contribution in [3.63, 3.8) is 0 Å². The molecule has 0 radical (unpaired) electrons. The second-order valence-corrected chi connectivity index (χ2v) is 7.31. The van der Waals surface area contributed by atoms with Gasteiger partial charge in [-0.15, -0.1) is 0 Å². The third-order valence-electron chi connectivity index (χ3n) is 3.62. The van der Waals surface area contributed by atoms with Crippen LogP contribution < -0.4 is 4.72 Å². The molecule has 0 heterocycles. The second-order valence-electron chi connectivity index (χ2n) is 5.17. The van der Waals surface area contributed by atoms with E-state index in [2.05, 4.69) is 4.72 Å². The standard InChI is InChI=1S/C16H17ClFNO3S/c1-16(22-2,12-7-3-5-9-14(12)18)11-19-23(20,21)15-10-6-4-8-13(15)17/h3-10,19H,11H2,1-2H3. The molecular weight excluding hydrogens is 341 g/mol. The van der Waals surface area contributed by atoms with Crippen molar-refractivity contribution in [2.75, 3.05) is 13.7 Å². The van der Waals surface area contributed by atoms with Gasteiger partial charge in [0.15, 0.2) is 0 Å². The molecule has 2 rings (SSSR count). The van der Waals surface area contributed by atoms with E-state index in [4.69, 9.17) is 16.3 Å². The molecule has 0 fully saturated rings. The van der Waals surface area contributed by atoms with Gasteiger partial charge in [-0.1, -0.05) is 41.9 Å². The second kappa shape index (κ2) is 6.97. The fourth-order valence-corrected chi connectivity index (χ4v) is 3.78. The van der Waals surface area contributed by atoms with Gasteiger partial charge in [-0.3, -0.25) is 0 Å². The number of nitrogens with one attached hydrogen (secondary N) is 1. The van der Waals surface area contributed by atoms with E-state index in [-0.39, 0.29) is 22.0 Å². The van der Waals surface area contributed by atoms with Gasteiger partial charge in [-0.2, -0.15) is 0 Å². The fourth-order valence-electron chi connectivity index (χ4n) is 2.14. The largest absolute Gasteiger partial charge is 0.372 e. The van der Waals surface area contributed by atoms with Crippen LogP contribution in [0.2, 0.25) is 5.02 Å². The Morgan fingerprint density at radius 3 is 2.39 bits per heavy atom. The van der Waals surface area contributed by atoms with Gasteiger partial charge in [0.2, 0.25) is 10.0 Å². The predicted molar refractivity (Wildman–Crippen MR) is 87.4 cm³/mol.